The van der Waals surface area contributed by atoms with Gasteiger partial charge in [-0.3, -0.25) is 4.79 Å². The van der Waals surface area contributed by atoms with Gasteiger partial charge in [-0.1, -0.05) is 30.3 Å². The largest absolute Gasteiger partial charge is 0.496 e. The fourth-order valence-electron chi connectivity index (χ4n) is 2.72. The molecule has 3 rings (SSSR count). The van der Waals surface area contributed by atoms with Crippen molar-refractivity contribution in [1.29, 1.82) is 0 Å². The van der Waals surface area contributed by atoms with Gasteiger partial charge in [-0.05, 0) is 37.3 Å². The average molecular weight is 377 g/mol. The molecule has 28 heavy (non-hydrogen) atoms. The second kappa shape index (κ2) is 9.41. The van der Waals surface area contributed by atoms with Crippen molar-refractivity contribution < 1.29 is 14.3 Å². The van der Waals surface area contributed by atoms with Gasteiger partial charge in [0, 0.05) is 12.1 Å². The van der Waals surface area contributed by atoms with Crippen molar-refractivity contribution >= 4 is 17.3 Å². The summed E-state index contributed by atoms with van der Waals surface area (Å²) in [5.41, 5.74) is 2.87. The Kier molecular flexibility index (Phi) is 6.46. The second-order valence-electron chi connectivity index (χ2n) is 5.98. The van der Waals surface area contributed by atoms with E-state index in [1.807, 2.05) is 61.5 Å². The van der Waals surface area contributed by atoms with E-state index in [0.717, 1.165) is 28.4 Å². The van der Waals surface area contributed by atoms with Crippen molar-refractivity contribution in [3.05, 3.63) is 78.1 Å². The zero-order chi connectivity index (χ0) is 19.8. The summed E-state index contributed by atoms with van der Waals surface area (Å²) in [6, 6.07) is 18.7. The monoisotopic (exact) mass is 377 g/mol. The number of nitrogens with one attached hydrogen (secondary N) is 2. The molecule has 0 fully saturated rings. The molecule has 0 radical (unpaired) electrons. The number of ether oxygens (including phenoxy) is 2. The van der Waals surface area contributed by atoms with Crippen LogP contribution < -0.4 is 20.1 Å². The standard InChI is InChI=1S/C22H23N3O3/c1-3-28-21-11-7-5-9-18(21)25-17-12-13-19(23-15-17)22(26)24-14-16-8-4-6-10-20(16)27-2/h4-13,15,25H,3,14H2,1-2H3,(H,24,26). The molecule has 0 saturated heterocycles. The van der Waals surface area contributed by atoms with Gasteiger partial charge < -0.3 is 20.1 Å². The van der Waals surface area contributed by atoms with Crippen molar-refractivity contribution in [2.45, 2.75) is 13.5 Å². The molecule has 0 aliphatic heterocycles. The van der Waals surface area contributed by atoms with Crippen LogP contribution in [-0.2, 0) is 6.54 Å². The van der Waals surface area contributed by atoms with Crippen LogP contribution in [0, 0.1) is 0 Å². The fraction of sp³-hybridized carbons (Fsp3) is 0.182. The summed E-state index contributed by atoms with van der Waals surface area (Å²) in [6.07, 6.45) is 1.63. The number of para-hydroxylation sites is 3. The van der Waals surface area contributed by atoms with E-state index in [1.165, 1.54) is 0 Å². The Labute approximate surface area is 164 Å². The maximum atomic E-state index is 12.4. The molecule has 1 heterocycles. The summed E-state index contributed by atoms with van der Waals surface area (Å²) in [4.78, 5) is 16.6. The number of rotatable bonds is 8. The van der Waals surface area contributed by atoms with Gasteiger partial charge in [-0.2, -0.15) is 0 Å². The Morgan fingerprint density at radius 1 is 1.00 bits per heavy atom. The van der Waals surface area contributed by atoms with Crippen LogP contribution >= 0.6 is 0 Å². The number of aromatic nitrogens is 1. The number of methoxy groups -OCH3 is 1. The average Bonchev–Trinajstić information content (AvgIpc) is 2.74. The number of anilines is 2. The molecule has 0 bridgehead atoms. The van der Waals surface area contributed by atoms with Crippen LogP contribution in [-0.4, -0.2) is 24.6 Å². The van der Waals surface area contributed by atoms with E-state index < -0.39 is 0 Å². The quantitative estimate of drug-likeness (QED) is 0.617. The van der Waals surface area contributed by atoms with E-state index >= 15 is 0 Å². The molecule has 1 aromatic heterocycles. The third-order valence-electron chi connectivity index (χ3n) is 4.09. The smallest absolute Gasteiger partial charge is 0.270 e. The molecule has 2 aromatic carbocycles. The topological polar surface area (TPSA) is 72.5 Å². The van der Waals surface area contributed by atoms with Crippen molar-refractivity contribution in [3.8, 4) is 11.5 Å². The minimum absolute atomic E-state index is 0.243. The number of carbonyl (C=O) groups excluding carboxylic acids is 1. The number of pyridine rings is 1. The van der Waals surface area contributed by atoms with Gasteiger partial charge in [-0.15, -0.1) is 0 Å². The number of hydrogen-bond acceptors (Lipinski definition) is 5. The number of nitrogens with zero attached hydrogens (tertiary/aromatic N) is 1. The van der Waals surface area contributed by atoms with Crippen LogP contribution in [0.1, 0.15) is 23.0 Å². The zero-order valence-electron chi connectivity index (χ0n) is 15.9. The highest BCUT2D eigenvalue weighted by molar-refractivity contribution is 5.92. The van der Waals surface area contributed by atoms with Crippen LogP contribution in [0.5, 0.6) is 11.5 Å². The van der Waals surface area contributed by atoms with Crippen molar-refractivity contribution in [3.63, 3.8) is 0 Å². The van der Waals surface area contributed by atoms with Gasteiger partial charge in [0.05, 0.1) is 31.3 Å². The summed E-state index contributed by atoms with van der Waals surface area (Å²) in [7, 11) is 1.61. The zero-order valence-corrected chi connectivity index (χ0v) is 15.9. The molecular formula is C22H23N3O3. The first-order chi connectivity index (χ1) is 13.7. The lowest BCUT2D eigenvalue weighted by Crippen LogP contribution is -2.24. The van der Waals surface area contributed by atoms with Crippen LogP contribution in [0.3, 0.4) is 0 Å². The SMILES string of the molecule is CCOc1ccccc1Nc1ccc(C(=O)NCc2ccccc2OC)nc1. The molecule has 144 valence electrons. The van der Waals surface area contributed by atoms with E-state index in [0.29, 0.717) is 18.8 Å². The van der Waals surface area contributed by atoms with Gasteiger partial charge in [0.25, 0.3) is 5.91 Å². The third-order valence-corrected chi connectivity index (χ3v) is 4.09. The predicted octanol–water partition coefficient (Wildman–Crippen LogP) is 4.16. The van der Waals surface area contributed by atoms with Gasteiger partial charge in [-0.25, -0.2) is 4.98 Å². The van der Waals surface area contributed by atoms with Gasteiger partial charge in [0.15, 0.2) is 0 Å². The maximum Gasteiger partial charge on any atom is 0.270 e. The summed E-state index contributed by atoms with van der Waals surface area (Å²) in [5.74, 6) is 1.26. The molecule has 6 heteroatoms. The van der Waals surface area contributed by atoms with E-state index in [2.05, 4.69) is 15.6 Å². The minimum Gasteiger partial charge on any atom is -0.496 e. The molecule has 0 aliphatic carbocycles. The van der Waals surface area contributed by atoms with Gasteiger partial charge in [0.1, 0.15) is 17.2 Å². The Morgan fingerprint density at radius 2 is 1.75 bits per heavy atom. The highest BCUT2D eigenvalue weighted by Gasteiger charge is 2.09. The van der Waals surface area contributed by atoms with E-state index in [9.17, 15) is 4.79 Å². The number of amides is 1. The van der Waals surface area contributed by atoms with Crippen molar-refractivity contribution in [1.82, 2.24) is 10.3 Å². The molecule has 1 amide bonds. The summed E-state index contributed by atoms with van der Waals surface area (Å²) in [5, 5.41) is 6.12. The Balaban J connectivity index is 1.63. The summed E-state index contributed by atoms with van der Waals surface area (Å²) in [6.45, 7) is 2.89. The lowest BCUT2D eigenvalue weighted by atomic mass is 10.2. The molecule has 2 N–H and O–H groups in total. The summed E-state index contributed by atoms with van der Waals surface area (Å²) < 4.78 is 10.9. The van der Waals surface area contributed by atoms with Crippen LogP contribution in [0.2, 0.25) is 0 Å². The first-order valence-electron chi connectivity index (χ1n) is 9.06. The second-order valence-corrected chi connectivity index (χ2v) is 5.98. The van der Waals surface area contributed by atoms with Crippen molar-refractivity contribution in [2.24, 2.45) is 0 Å². The molecule has 0 atom stereocenters. The van der Waals surface area contributed by atoms with E-state index in [1.54, 1.807) is 19.4 Å². The highest BCUT2D eigenvalue weighted by Crippen LogP contribution is 2.27. The Hall–Kier alpha value is -3.54. The van der Waals surface area contributed by atoms with E-state index in [4.69, 9.17) is 9.47 Å². The molecule has 3 aromatic rings. The van der Waals surface area contributed by atoms with Crippen LogP contribution in [0.25, 0.3) is 0 Å². The predicted molar refractivity (Wildman–Crippen MR) is 109 cm³/mol. The molecule has 0 unspecified atom stereocenters. The van der Waals surface area contributed by atoms with Crippen LogP contribution in [0.4, 0.5) is 11.4 Å². The first-order valence-corrected chi connectivity index (χ1v) is 9.06. The number of benzene rings is 2. The molecule has 6 nitrogen and oxygen atoms in total. The van der Waals surface area contributed by atoms with E-state index in [-0.39, 0.29) is 5.91 Å². The highest BCUT2D eigenvalue weighted by atomic mass is 16.5. The molecule has 0 spiro atoms. The van der Waals surface area contributed by atoms with Gasteiger partial charge >= 0.3 is 0 Å². The molecule has 0 aliphatic rings. The third kappa shape index (κ3) is 4.79. The normalized spacial score (nSPS) is 10.2. The number of hydrogen-bond donors (Lipinski definition) is 2. The van der Waals surface area contributed by atoms with Gasteiger partial charge in [0.2, 0.25) is 0 Å². The Bertz CT molecular complexity index is 926. The lowest BCUT2D eigenvalue weighted by Gasteiger charge is -2.12. The number of carbonyl (C=O) groups is 1. The molecule has 0 saturated carbocycles. The van der Waals surface area contributed by atoms with Crippen molar-refractivity contribution in [2.75, 3.05) is 19.0 Å². The summed E-state index contributed by atoms with van der Waals surface area (Å²) >= 11 is 0. The fourth-order valence-corrected chi connectivity index (χ4v) is 2.72. The first kappa shape index (κ1) is 19.2. The minimum atomic E-state index is -0.243. The molecular weight excluding hydrogens is 354 g/mol. The maximum absolute atomic E-state index is 12.4. The Morgan fingerprint density at radius 3 is 2.46 bits per heavy atom. The lowest BCUT2D eigenvalue weighted by molar-refractivity contribution is 0.0945. The van der Waals surface area contributed by atoms with Crippen LogP contribution in [0.15, 0.2) is 66.9 Å².